The van der Waals surface area contributed by atoms with Crippen molar-refractivity contribution in [2.75, 3.05) is 6.54 Å². The highest BCUT2D eigenvalue weighted by molar-refractivity contribution is 5.75. The Morgan fingerprint density at radius 1 is 1.35 bits per heavy atom. The van der Waals surface area contributed by atoms with Crippen LogP contribution in [0, 0.1) is 6.92 Å². The summed E-state index contributed by atoms with van der Waals surface area (Å²) in [6.45, 7) is 9.79. The molecular formula is C15H23NO. The predicted molar refractivity (Wildman–Crippen MR) is 72.3 cm³/mol. The molecule has 0 fully saturated rings. The minimum absolute atomic E-state index is 0.241. The molecule has 0 aliphatic rings. The maximum atomic E-state index is 10.8. The summed E-state index contributed by atoms with van der Waals surface area (Å²) in [5, 5.41) is 3.32. The molecule has 0 aliphatic carbocycles. The zero-order valence-electron chi connectivity index (χ0n) is 11.3. The van der Waals surface area contributed by atoms with E-state index in [2.05, 4.69) is 44.3 Å². The van der Waals surface area contributed by atoms with Crippen molar-refractivity contribution in [3.8, 4) is 0 Å². The Kier molecular flexibility index (Phi) is 5.36. The van der Waals surface area contributed by atoms with Crippen LogP contribution in [0.3, 0.4) is 0 Å². The third-order valence-corrected chi connectivity index (χ3v) is 3.01. The quantitative estimate of drug-likeness (QED) is 0.765. The molecule has 0 heterocycles. The molecule has 0 atom stereocenters. The van der Waals surface area contributed by atoms with Crippen LogP contribution in [0.5, 0.6) is 0 Å². The van der Waals surface area contributed by atoms with E-state index in [0.717, 1.165) is 13.1 Å². The molecule has 1 rings (SSSR count). The Hall–Kier alpha value is -1.15. The summed E-state index contributed by atoms with van der Waals surface area (Å²) in [7, 11) is 0. The zero-order valence-corrected chi connectivity index (χ0v) is 11.3. The van der Waals surface area contributed by atoms with Gasteiger partial charge >= 0.3 is 0 Å². The van der Waals surface area contributed by atoms with Crippen molar-refractivity contribution in [3.63, 3.8) is 0 Å². The number of ketones is 1. The van der Waals surface area contributed by atoms with Gasteiger partial charge in [-0.05, 0) is 36.5 Å². The van der Waals surface area contributed by atoms with Gasteiger partial charge in [-0.2, -0.15) is 0 Å². The van der Waals surface area contributed by atoms with Crippen LogP contribution in [0.1, 0.15) is 49.8 Å². The minimum atomic E-state index is 0.241. The normalized spacial score (nSPS) is 10.9. The molecule has 0 saturated heterocycles. The summed E-state index contributed by atoms with van der Waals surface area (Å²) in [6.07, 6.45) is 0.614. The fraction of sp³-hybridized carbons (Fsp3) is 0.533. The summed E-state index contributed by atoms with van der Waals surface area (Å²) in [5.41, 5.74) is 4.02. The van der Waals surface area contributed by atoms with E-state index >= 15 is 0 Å². The Morgan fingerprint density at radius 3 is 2.65 bits per heavy atom. The highest BCUT2D eigenvalue weighted by atomic mass is 16.1. The lowest BCUT2D eigenvalue weighted by molar-refractivity contribution is -0.116. The molecule has 0 aliphatic heterocycles. The molecule has 0 saturated carbocycles. The molecule has 17 heavy (non-hydrogen) atoms. The molecule has 0 amide bonds. The summed E-state index contributed by atoms with van der Waals surface area (Å²) < 4.78 is 0. The fourth-order valence-corrected chi connectivity index (χ4v) is 1.73. The highest BCUT2D eigenvalue weighted by Crippen LogP contribution is 2.18. The van der Waals surface area contributed by atoms with Gasteiger partial charge in [-0.25, -0.2) is 0 Å². The largest absolute Gasteiger partial charge is 0.312 e. The third kappa shape index (κ3) is 4.70. The average molecular weight is 233 g/mol. The van der Waals surface area contributed by atoms with Gasteiger partial charge in [0.1, 0.15) is 5.78 Å². The first-order chi connectivity index (χ1) is 8.00. The van der Waals surface area contributed by atoms with E-state index in [0.29, 0.717) is 12.3 Å². The van der Waals surface area contributed by atoms with Crippen LogP contribution in [-0.4, -0.2) is 12.3 Å². The Balaban J connectivity index is 2.57. The van der Waals surface area contributed by atoms with Gasteiger partial charge in [0.05, 0.1) is 0 Å². The Morgan fingerprint density at radius 2 is 2.06 bits per heavy atom. The summed E-state index contributed by atoms with van der Waals surface area (Å²) >= 11 is 0. The van der Waals surface area contributed by atoms with Crippen molar-refractivity contribution < 1.29 is 4.79 Å². The number of rotatable bonds is 6. The van der Waals surface area contributed by atoms with Crippen LogP contribution >= 0.6 is 0 Å². The second-order valence-electron chi connectivity index (χ2n) is 4.97. The van der Waals surface area contributed by atoms with Crippen molar-refractivity contribution >= 4 is 5.78 Å². The standard InChI is InChI=1S/C15H23NO/c1-11(2)14-6-5-12(3)15(9-14)10-16-8-7-13(4)17/h5-6,9,11,16H,7-8,10H2,1-4H3. The number of carbonyl (C=O) groups is 1. The third-order valence-electron chi connectivity index (χ3n) is 3.01. The molecule has 1 aromatic carbocycles. The Labute approximate surface area is 104 Å². The van der Waals surface area contributed by atoms with Crippen molar-refractivity contribution in [1.29, 1.82) is 0 Å². The van der Waals surface area contributed by atoms with Gasteiger partial charge < -0.3 is 5.32 Å². The maximum absolute atomic E-state index is 10.8. The summed E-state index contributed by atoms with van der Waals surface area (Å²) in [6, 6.07) is 6.64. The van der Waals surface area contributed by atoms with Crippen molar-refractivity contribution in [3.05, 3.63) is 34.9 Å². The molecule has 1 aromatic rings. The van der Waals surface area contributed by atoms with Gasteiger partial charge in [0, 0.05) is 19.5 Å². The SMILES string of the molecule is CC(=O)CCNCc1cc(C(C)C)ccc1C. The second-order valence-corrected chi connectivity index (χ2v) is 4.97. The molecule has 1 N–H and O–H groups in total. The second kappa shape index (κ2) is 6.55. The first kappa shape index (κ1) is 13.9. The molecule has 2 nitrogen and oxygen atoms in total. The summed E-state index contributed by atoms with van der Waals surface area (Å²) in [4.78, 5) is 10.8. The first-order valence-electron chi connectivity index (χ1n) is 6.30. The molecule has 0 unspecified atom stereocenters. The van der Waals surface area contributed by atoms with Crippen LogP contribution in [-0.2, 0) is 11.3 Å². The monoisotopic (exact) mass is 233 g/mol. The molecule has 0 bridgehead atoms. The zero-order chi connectivity index (χ0) is 12.8. The van der Waals surface area contributed by atoms with E-state index in [1.165, 1.54) is 16.7 Å². The van der Waals surface area contributed by atoms with E-state index in [1.807, 2.05) is 0 Å². The van der Waals surface area contributed by atoms with Gasteiger partial charge in [-0.3, -0.25) is 4.79 Å². The van der Waals surface area contributed by atoms with Crippen LogP contribution < -0.4 is 5.32 Å². The smallest absolute Gasteiger partial charge is 0.131 e. The van der Waals surface area contributed by atoms with E-state index in [1.54, 1.807) is 6.92 Å². The lowest BCUT2D eigenvalue weighted by atomic mass is 9.98. The minimum Gasteiger partial charge on any atom is -0.312 e. The number of carbonyl (C=O) groups excluding carboxylic acids is 1. The highest BCUT2D eigenvalue weighted by Gasteiger charge is 2.03. The predicted octanol–water partition coefficient (Wildman–Crippen LogP) is 3.19. The van der Waals surface area contributed by atoms with E-state index in [-0.39, 0.29) is 5.78 Å². The average Bonchev–Trinajstić information content (AvgIpc) is 2.25. The lowest BCUT2D eigenvalue weighted by Crippen LogP contribution is -2.17. The number of Topliss-reactive ketones (excluding diaryl/α,β-unsaturated/α-hetero) is 1. The molecule has 0 radical (unpaired) electrons. The number of aryl methyl sites for hydroxylation is 1. The lowest BCUT2D eigenvalue weighted by Gasteiger charge is -2.12. The van der Waals surface area contributed by atoms with E-state index < -0.39 is 0 Å². The van der Waals surface area contributed by atoms with Crippen molar-refractivity contribution in [1.82, 2.24) is 5.32 Å². The maximum Gasteiger partial charge on any atom is 0.131 e. The van der Waals surface area contributed by atoms with Gasteiger partial charge in [0.15, 0.2) is 0 Å². The first-order valence-corrected chi connectivity index (χ1v) is 6.30. The van der Waals surface area contributed by atoms with Gasteiger partial charge in [-0.15, -0.1) is 0 Å². The number of nitrogens with one attached hydrogen (secondary N) is 1. The van der Waals surface area contributed by atoms with Gasteiger partial charge in [0.2, 0.25) is 0 Å². The van der Waals surface area contributed by atoms with Crippen molar-refractivity contribution in [2.45, 2.75) is 46.6 Å². The van der Waals surface area contributed by atoms with Crippen molar-refractivity contribution in [2.24, 2.45) is 0 Å². The van der Waals surface area contributed by atoms with Crippen LogP contribution in [0.25, 0.3) is 0 Å². The van der Waals surface area contributed by atoms with Gasteiger partial charge in [-0.1, -0.05) is 32.0 Å². The number of hydrogen-bond acceptors (Lipinski definition) is 2. The van der Waals surface area contributed by atoms with Gasteiger partial charge in [0.25, 0.3) is 0 Å². The number of benzene rings is 1. The summed E-state index contributed by atoms with van der Waals surface area (Å²) in [5.74, 6) is 0.803. The topological polar surface area (TPSA) is 29.1 Å². The molecule has 0 spiro atoms. The van der Waals surface area contributed by atoms with E-state index in [4.69, 9.17) is 0 Å². The molecule has 94 valence electrons. The molecular weight excluding hydrogens is 210 g/mol. The Bertz CT molecular complexity index is 383. The fourth-order valence-electron chi connectivity index (χ4n) is 1.73. The number of hydrogen-bond donors (Lipinski definition) is 1. The van der Waals surface area contributed by atoms with Crippen LogP contribution in [0.2, 0.25) is 0 Å². The van der Waals surface area contributed by atoms with Crippen LogP contribution in [0.4, 0.5) is 0 Å². The van der Waals surface area contributed by atoms with Crippen LogP contribution in [0.15, 0.2) is 18.2 Å². The molecule has 2 heteroatoms. The molecule has 0 aromatic heterocycles. The van der Waals surface area contributed by atoms with E-state index in [9.17, 15) is 4.79 Å².